The van der Waals surface area contributed by atoms with E-state index in [1.54, 1.807) is 0 Å². The molecule has 5 heteroatoms. The summed E-state index contributed by atoms with van der Waals surface area (Å²) in [6, 6.07) is 2.02. The summed E-state index contributed by atoms with van der Waals surface area (Å²) in [6.45, 7) is 5.56. The van der Waals surface area contributed by atoms with E-state index in [0.29, 0.717) is 11.3 Å². The van der Waals surface area contributed by atoms with Crippen molar-refractivity contribution in [1.82, 2.24) is 0 Å². The Morgan fingerprint density at radius 3 is 2.36 bits per heavy atom. The van der Waals surface area contributed by atoms with Crippen LogP contribution in [0.2, 0.25) is 0 Å². The highest BCUT2D eigenvalue weighted by molar-refractivity contribution is 8.21. The van der Waals surface area contributed by atoms with Gasteiger partial charge < -0.3 is 0 Å². The third-order valence-corrected chi connectivity index (χ3v) is 5.69. The highest BCUT2D eigenvalue weighted by atomic mass is 32.3. The summed E-state index contributed by atoms with van der Waals surface area (Å²) in [5.41, 5.74) is -0.00546. The van der Waals surface area contributed by atoms with E-state index < -0.39 is 15.3 Å². The molecule has 0 spiro atoms. The first kappa shape index (κ1) is 11.6. The van der Waals surface area contributed by atoms with Crippen LogP contribution in [0.25, 0.3) is 0 Å². The van der Waals surface area contributed by atoms with Gasteiger partial charge in [-0.25, -0.2) is 8.42 Å². The fourth-order valence-electron chi connectivity index (χ4n) is 1.17. The number of allylic oxidation sites excluding steroid dienone is 1. The topological polar surface area (TPSA) is 57.9 Å². The molecule has 0 unspecified atom stereocenters. The van der Waals surface area contributed by atoms with Crippen molar-refractivity contribution in [1.29, 1.82) is 5.26 Å². The molecule has 1 aliphatic heterocycles. The Bertz CT molecular complexity index is 407. The molecule has 1 heterocycles. The van der Waals surface area contributed by atoms with Crippen molar-refractivity contribution >= 4 is 21.6 Å². The average Bonchev–Trinajstić information content (AvgIpc) is 2.30. The first-order valence-electron chi connectivity index (χ1n) is 4.29. The molecule has 0 N–H and O–H groups in total. The fraction of sp³-hybridized carbons (Fsp3) is 0.667. The van der Waals surface area contributed by atoms with Gasteiger partial charge in [0.05, 0.1) is 17.4 Å². The Labute approximate surface area is 89.1 Å². The van der Waals surface area contributed by atoms with Gasteiger partial charge in [-0.15, -0.1) is 11.8 Å². The molecule has 0 bridgehead atoms. The van der Waals surface area contributed by atoms with Crippen molar-refractivity contribution in [2.24, 2.45) is 5.41 Å². The van der Waals surface area contributed by atoms with Crippen LogP contribution in [0.3, 0.4) is 0 Å². The number of hydrogen-bond donors (Lipinski definition) is 0. The molecule has 0 aromatic heterocycles. The standard InChI is InChI=1S/C9H13NO2S2/c1-9(2,3)7(6-10)8-13-4-5-14(8,11)12/h4-5H2,1-3H3/b8-7+. The summed E-state index contributed by atoms with van der Waals surface area (Å²) in [7, 11) is -3.16. The normalized spacial score (nSPS) is 24.4. The van der Waals surface area contributed by atoms with E-state index in [4.69, 9.17) is 5.26 Å². The number of nitrogens with zero attached hydrogens (tertiary/aromatic N) is 1. The number of hydrogen-bond acceptors (Lipinski definition) is 4. The Morgan fingerprint density at radius 2 is 2.07 bits per heavy atom. The highest BCUT2D eigenvalue weighted by Gasteiger charge is 2.33. The van der Waals surface area contributed by atoms with Crippen LogP contribution in [0, 0.1) is 16.7 Å². The van der Waals surface area contributed by atoms with Crippen molar-refractivity contribution in [3.05, 3.63) is 9.81 Å². The SMILES string of the molecule is CC(C)(C)/C(C#N)=C1\SCCS1(=O)=O. The molecule has 0 radical (unpaired) electrons. The van der Waals surface area contributed by atoms with Gasteiger partial charge in [0.1, 0.15) is 4.24 Å². The quantitative estimate of drug-likeness (QED) is 0.598. The van der Waals surface area contributed by atoms with Crippen LogP contribution in [0.5, 0.6) is 0 Å². The molecule has 14 heavy (non-hydrogen) atoms. The maximum Gasteiger partial charge on any atom is 0.186 e. The molecular formula is C9H13NO2S2. The fourth-order valence-corrected chi connectivity index (χ4v) is 5.13. The molecule has 0 aromatic carbocycles. The van der Waals surface area contributed by atoms with Gasteiger partial charge in [-0.1, -0.05) is 20.8 Å². The first-order valence-corrected chi connectivity index (χ1v) is 6.93. The largest absolute Gasteiger partial charge is 0.223 e. The average molecular weight is 231 g/mol. The van der Waals surface area contributed by atoms with Gasteiger partial charge >= 0.3 is 0 Å². The molecule has 1 aliphatic rings. The second-order valence-electron chi connectivity index (χ2n) is 4.19. The maximum absolute atomic E-state index is 11.6. The van der Waals surface area contributed by atoms with Gasteiger partial charge in [-0.2, -0.15) is 5.26 Å². The Hall–Kier alpha value is -0.470. The Morgan fingerprint density at radius 1 is 1.50 bits per heavy atom. The van der Waals surface area contributed by atoms with Crippen LogP contribution in [-0.2, 0) is 9.84 Å². The zero-order chi connectivity index (χ0) is 11.0. The van der Waals surface area contributed by atoms with E-state index in [-0.39, 0.29) is 9.99 Å². The van der Waals surface area contributed by atoms with Crippen LogP contribution in [0.15, 0.2) is 9.81 Å². The molecule has 78 valence electrons. The van der Waals surface area contributed by atoms with Crippen LogP contribution in [0.1, 0.15) is 20.8 Å². The van der Waals surface area contributed by atoms with E-state index in [2.05, 4.69) is 0 Å². The van der Waals surface area contributed by atoms with E-state index in [0.717, 1.165) is 0 Å². The third-order valence-electron chi connectivity index (χ3n) is 1.93. The van der Waals surface area contributed by atoms with Gasteiger partial charge in [0.25, 0.3) is 0 Å². The Kier molecular flexibility index (Phi) is 2.98. The van der Waals surface area contributed by atoms with Crippen molar-refractivity contribution in [3.8, 4) is 6.07 Å². The number of rotatable bonds is 0. The monoisotopic (exact) mass is 231 g/mol. The van der Waals surface area contributed by atoms with E-state index in [1.807, 2.05) is 26.8 Å². The zero-order valence-corrected chi connectivity index (χ0v) is 10.1. The number of thioether (sulfide) groups is 1. The van der Waals surface area contributed by atoms with Crippen molar-refractivity contribution in [2.45, 2.75) is 20.8 Å². The van der Waals surface area contributed by atoms with Gasteiger partial charge in [0, 0.05) is 5.75 Å². The van der Waals surface area contributed by atoms with Crippen molar-refractivity contribution in [3.63, 3.8) is 0 Å². The van der Waals surface area contributed by atoms with Gasteiger partial charge in [-0.05, 0) is 5.41 Å². The molecule has 0 aromatic rings. The summed E-state index contributed by atoms with van der Waals surface area (Å²) >= 11 is 1.28. The second-order valence-corrected chi connectivity index (χ2v) is 7.60. The van der Waals surface area contributed by atoms with Crippen molar-refractivity contribution < 1.29 is 8.42 Å². The van der Waals surface area contributed by atoms with E-state index >= 15 is 0 Å². The summed E-state index contributed by atoms with van der Waals surface area (Å²) in [5.74, 6) is 0.729. The van der Waals surface area contributed by atoms with Crippen LogP contribution in [-0.4, -0.2) is 19.9 Å². The van der Waals surface area contributed by atoms with Gasteiger partial charge in [0.15, 0.2) is 9.84 Å². The third kappa shape index (κ3) is 2.12. The first-order chi connectivity index (χ1) is 6.29. The lowest BCUT2D eigenvalue weighted by atomic mass is 9.88. The zero-order valence-electron chi connectivity index (χ0n) is 8.49. The van der Waals surface area contributed by atoms with Gasteiger partial charge in [-0.3, -0.25) is 0 Å². The van der Waals surface area contributed by atoms with Crippen LogP contribution < -0.4 is 0 Å². The number of nitriles is 1. The predicted octanol–water partition coefficient (Wildman–Crippen LogP) is 1.93. The number of sulfone groups is 1. The van der Waals surface area contributed by atoms with E-state index in [1.165, 1.54) is 11.8 Å². The lowest BCUT2D eigenvalue weighted by molar-refractivity contribution is 0.518. The summed E-state index contributed by atoms with van der Waals surface area (Å²) in [6.07, 6.45) is 0. The summed E-state index contributed by atoms with van der Waals surface area (Å²) < 4.78 is 23.4. The maximum atomic E-state index is 11.6. The molecule has 1 saturated heterocycles. The van der Waals surface area contributed by atoms with E-state index in [9.17, 15) is 8.42 Å². The minimum atomic E-state index is -3.16. The Balaban J connectivity index is 3.36. The second kappa shape index (κ2) is 3.59. The lowest BCUT2D eigenvalue weighted by Gasteiger charge is -2.18. The minimum Gasteiger partial charge on any atom is -0.223 e. The van der Waals surface area contributed by atoms with Crippen LogP contribution >= 0.6 is 11.8 Å². The molecule has 3 nitrogen and oxygen atoms in total. The molecule has 0 atom stereocenters. The molecule has 1 fully saturated rings. The van der Waals surface area contributed by atoms with Crippen LogP contribution in [0.4, 0.5) is 0 Å². The van der Waals surface area contributed by atoms with Crippen molar-refractivity contribution in [2.75, 3.05) is 11.5 Å². The molecule has 0 saturated carbocycles. The smallest absolute Gasteiger partial charge is 0.186 e. The summed E-state index contributed by atoms with van der Waals surface area (Å²) in [5, 5.41) is 8.97. The van der Waals surface area contributed by atoms with Gasteiger partial charge in [0.2, 0.25) is 0 Å². The lowest BCUT2D eigenvalue weighted by Crippen LogP contribution is -2.12. The summed E-state index contributed by atoms with van der Waals surface area (Å²) in [4.78, 5) is 0. The molecule has 0 amide bonds. The molecule has 0 aliphatic carbocycles. The highest BCUT2D eigenvalue weighted by Crippen LogP contribution is 2.39. The predicted molar refractivity (Wildman–Crippen MR) is 58.3 cm³/mol. The molecular weight excluding hydrogens is 218 g/mol. The minimum absolute atomic E-state index is 0.161. The molecule has 1 rings (SSSR count).